The molecule has 0 aliphatic carbocycles. The van der Waals surface area contributed by atoms with Crippen LogP contribution in [-0.4, -0.2) is 33.5 Å². The van der Waals surface area contributed by atoms with Gasteiger partial charge in [0.05, 0.1) is 16.1 Å². The van der Waals surface area contributed by atoms with E-state index in [4.69, 9.17) is 11.6 Å². The van der Waals surface area contributed by atoms with E-state index in [9.17, 15) is 9.90 Å². The van der Waals surface area contributed by atoms with E-state index < -0.39 is 12.0 Å². The number of likely N-dealkylation sites (tertiary alicyclic amines) is 1. The molecule has 3 heterocycles. The zero-order valence-electron chi connectivity index (χ0n) is 12.9. The second kappa shape index (κ2) is 6.99. The minimum atomic E-state index is -0.759. The van der Waals surface area contributed by atoms with E-state index in [0.717, 1.165) is 35.7 Å². The maximum atomic E-state index is 11.7. The van der Waals surface area contributed by atoms with Crippen molar-refractivity contribution in [2.75, 3.05) is 6.54 Å². The van der Waals surface area contributed by atoms with Crippen LogP contribution in [0.4, 0.5) is 0 Å². The molecule has 6 heteroatoms. The summed E-state index contributed by atoms with van der Waals surface area (Å²) in [5, 5.41) is 9.63. The standard InChI is InChI=1S/C17H19ClN2O2S/c1-11-5-4-6-12(19-11)16(14-8-9-15(18)23-14)20-10-3-2-7-13(20)17(21)22/h4-6,8-9,13,16H,2-3,7,10H2,1H3,(H,21,22). The maximum absolute atomic E-state index is 11.7. The molecule has 23 heavy (non-hydrogen) atoms. The molecular weight excluding hydrogens is 332 g/mol. The number of hydrogen-bond acceptors (Lipinski definition) is 4. The summed E-state index contributed by atoms with van der Waals surface area (Å²) >= 11 is 7.62. The third-order valence-electron chi connectivity index (χ3n) is 4.21. The predicted molar refractivity (Wildman–Crippen MR) is 92.1 cm³/mol. The van der Waals surface area contributed by atoms with Crippen molar-refractivity contribution in [3.8, 4) is 0 Å². The normalized spacial score (nSPS) is 20.3. The van der Waals surface area contributed by atoms with Crippen LogP contribution in [0.25, 0.3) is 0 Å². The third kappa shape index (κ3) is 3.57. The first kappa shape index (κ1) is 16.4. The van der Waals surface area contributed by atoms with Crippen LogP contribution in [-0.2, 0) is 4.79 Å². The van der Waals surface area contributed by atoms with E-state index in [1.54, 1.807) is 0 Å². The van der Waals surface area contributed by atoms with Gasteiger partial charge in [-0.3, -0.25) is 14.7 Å². The summed E-state index contributed by atoms with van der Waals surface area (Å²) in [4.78, 5) is 19.5. The maximum Gasteiger partial charge on any atom is 0.320 e. The Morgan fingerprint density at radius 2 is 2.22 bits per heavy atom. The molecular formula is C17H19ClN2O2S. The van der Waals surface area contributed by atoms with Crippen molar-refractivity contribution < 1.29 is 9.90 Å². The first-order valence-electron chi connectivity index (χ1n) is 7.73. The molecule has 0 radical (unpaired) electrons. The fourth-order valence-corrected chi connectivity index (χ4v) is 4.39. The highest BCUT2D eigenvalue weighted by molar-refractivity contribution is 7.16. The molecule has 1 aliphatic rings. The van der Waals surface area contributed by atoms with Crippen LogP contribution in [0, 0.1) is 6.92 Å². The lowest BCUT2D eigenvalue weighted by Crippen LogP contribution is -2.46. The Labute approximate surface area is 144 Å². The molecule has 1 saturated heterocycles. The molecule has 122 valence electrons. The van der Waals surface area contributed by atoms with Crippen LogP contribution < -0.4 is 0 Å². The zero-order chi connectivity index (χ0) is 16.4. The fraction of sp³-hybridized carbons (Fsp3) is 0.412. The largest absolute Gasteiger partial charge is 0.480 e. The highest BCUT2D eigenvalue weighted by Crippen LogP contribution is 2.37. The van der Waals surface area contributed by atoms with Gasteiger partial charge in [0.1, 0.15) is 6.04 Å². The zero-order valence-corrected chi connectivity index (χ0v) is 14.5. The highest BCUT2D eigenvalue weighted by atomic mass is 35.5. The molecule has 0 bridgehead atoms. The summed E-state index contributed by atoms with van der Waals surface area (Å²) in [6, 6.07) is 9.11. The molecule has 1 fully saturated rings. The van der Waals surface area contributed by atoms with Gasteiger partial charge in [-0.05, 0) is 44.0 Å². The molecule has 2 atom stereocenters. The average molecular weight is 351 g/mol. The fourth-order valence-electron chi connectivity index (χ4n) is 3.20. The SMILES string of the molecule is Cc1cccc(C(c2ccc(Cl)s2)N2CCCCC2C(=O)O)n1. The van der Waals surface area contributed by atoms with Gasteiger partial charge in [-0.25, -0.2) is 0 Å². The van der Waals surface area contributed by atoms with Crippen molar-refractivity contribution in [2.24, 2.45) is 0 Å². The number of carboxylic acids is 1. The number of rotatable bonds is 4. The third-order valence-corrected chi connectivity index (χ3v) is 5.50. The van der Waals surface area contributed by atoms with Gasteiger partial charge in [0.15, 0.2) is 0 Å². The number of halogens is 1. The summed E-state index contributed by atoms with van der Waals surface area (Å²) < 4.78 is 0.710. The lowest BCUT2D eigenvalue weighted by molar-refractivity contribution is -0.145. The van der Waals surface area contributed by atoms with Crippen molar-refractivity contribution in [3.63, 3.8) is 0 Å². The van der Waals surface area contributed by atoms with Gasteiger partial charge < -0.3 is 5.11 Å². The van der Waals surface area contributed by atoms with Crippen LogP contribution >= 0.6 is 22.9 Å². The summed E-state index contributed by atoms with van der Waals surface area (Å²) in [6.45, 7) is 2.71. The number of pyridine rings is 1. The number of aliphatic carboxylic acids is 1. The number of hydrogen-bond donors (Lipinski definition) is 1. The molecule has 0 spiro atoms. The van der Waals surface area contributed by atoms with Crippen molar-refractivity contribution in [1.29, 1.82) is 0 Å². The first-order valence-corrected chi connectivity index (χ1v) is 8.93. The van der Waals surface area contributed by atoms with Crippen molar-refractivity contribution >= 4 is 28.9 Å². The predicted octanol–water partition coefficient (Wildman–Crippen LogP) is 4.13. The van der Waals surface area contributed by atoms with Crippen LogP contribution in [0.2, 0.25) is 4.34 Å². The van der Waals surface area contributed by atoms with E-state index in [0.29, 0.717) is 10.8 Å². The Bertz CT molecular complexity index is 703. The average Bonchev–Trinajstić information content (AvgIpc) is 2.94. The summed E-state index contributed by atoms with van der Waals surface area (Å²) in [6.07, 6.45) is 2.63. The minimum Gasteiger partial charge on any atom is -0.480 e. The number of carbonyl (C=O) groups is 1. The molecule has 2 aromatic rings. The van der Waals surface area contributed by atoms with Crippen LogP contribution in [0.5, 0.6) is 0 Å². The molecule has 0 aromatic carbocycles. The highest BCUT2D eigenvalue weighted by Gasteiger charge is 2.36. The summed E-state index contributed by atoms with van der Waals surface area (Å²) in [5.74, 6) is -0.759. The molecule has 0 amide bonds. The van der Waals surface area contributed by atoms with Gasteiger partial charge in [0.25, 0.3) is 0 Å². The first-order chi connectivity index (χ1) is 11.1. The Morgan fingerprint density at radius 3 is 2.87 bits per heavy atom. The number of piperidine rings is 1. The lowest BCUT2D eigenvalue weighted by atomic mass is 9.97. The second-order valence-corrected chi connectivity index (χ2v) is 7.58. The van der Waals surface area contributed by atoms with Gasteiger partial charge in [0.2, 0.25) is 0 Å². The van der Waals surface area contributed by atoms with Gasteiger partial charge in [-0.15, -0.1) is 11.3 Å². The van der Waals surface area contributed by atoms with E-state index in [1.807, 2.05) is 37.3 Å². The molecule has 3 rings (SSSR count). The van der Waals surface area contributed by atoms with Crippen LogP contribution in [0.3, 0.4) is 0 Å². The number of thiophene rings is 1. The van der Waals surface area contributed by atoms with E-state index in [-0.39, 0.29) is 6.04 Å². The Balaban J connectivity index is 2.05. The minimum absolute atomic E-state index is 0.159. The van der Waals surface area contributed by atoms with Gasteiger partial charge in [-0.1, -0.05) is 24.1 Å². The van der Waals surface area contributed by atoms with Crippen LogP contribution in [0.15, 0.2) is 30.3 Å². The quantitative estimate of drug-likeness (QED) is 0.900. The molecule has 2 unspecified atom stereocenters. The van der Waals surface area contributed by atoms with Crippen LogP contribution in [0.1, 0.15) is 41.6 Å². The van der Waals surface area contributed by atoms with Gasteiger partial charge in [0, 0.05) is 17.1 Å². The summed E-state index contributed by atoms with van der Waals surface area (Å²) in [5.41, 5.74) is 1.82. The molecule has 1 aliphatic heterocycles. The summed E-state index contributed by atoms with van der Waals surface area (Å²) in [7, 11) is 0. The van der Waals surface area contributed by atoms with E-state index >= 15 is 0 Å². The second-order valence-electron chi connectivity index (χ2n) is 5.84. The smallest absolute Gasteiger partial charge is 0.320 e. The number of carboxylic acid groups (broad SMARTS) is 1. The Kier molecular flexibility index (Phi) is 4.99. The van der Waals surface area contributed by atoms with Crippen molar-refractivity contribution in [1.82, 2.24) is 9.88 Å². The molecule has 0 saturated carbocycles. The van der Waals surface area contributed by atoms with E-state index in [2.05, 4.69) is 9.88 Å². The molecule has 2 aromatic heterocycles. The van der Waals surface area contributed by atoms with Crippen molar-refractivity contribution in [2.45, 2.75) is 38.3 Å². The number of aryl methyl sites for hydroxylation is 1. The molecule has 1 N–H and O–H groups in total. The lowest BCUT2D eigenvalue weighted by Gasteiger charge is -2.38. The molecule has 4 nitrogen and oxygen atoms in total. The van der Waals surface area contributed by atoms with Crippen molar-refractivity contribution in [3.05, 3.63) is 50.9 Å². The van der Waals surface area contributed by atoms with Gasteiger partial charge in [-0.2, -0.15) is 0 Å². The van der Waals surface area contributed by atoms with Gasteiger partial charge >= 0.3 is 5.97 Å². The van der Waals surface area contributed by atoms with E-state index in [1.165, 1.54) is 11.3 Å². The topological polar surface area (TPSA) is 53.4 Å². The number of nitrogens with zero attached hydrogens (tertiary/aromatic N) is 2. The monoisotopic (exact) mass is 350 g/mol. The number of aromatic nitrogens is 1. The Morgan fingerprint density at radius 1 is 1.39 bits per heavy atom. The Hall–Kier alpha value is -1.43.